The second-order valence-corrected chi connectivity index (χ2v) is 14.4. The van der Waals surface area contributed by atoms with E-state index in [2.05, 4.69) is 21.3 Å². The highest BCUT2D eigenvalue weighted by atomic mass is 32.1. The first-order valence-electron chi connectivity index (χ1n) is 18.1. The molecule has 5 aromatic rings. The molecule has 7 rings (SSSR count). The van der Waals surface area contributed by atoms with Gasteiger partial charge < -0.3 is 35.8 Å². The minimum absolute atomic E-state index is 0.00341. The molecule has 4 aromatic carbocycles. The third-order valence-electron chi connectivity index (χ3n) is 9.35. The molecule has 5 N–H and O–H groups in total. The van der Waals surface area contributed by atoms with Crippen molar-refractivity contribution in [2.24, 2.45) is 0 Å². The van der Waals surface area contributed by atoms with Crippen LogP contribution in [0.2, 0.25) is 0 Å². The van der Waals surface area contributed by atoms with Crippen LogP contribution in [0.3, 0.4) is 0 Å². The van der Waals surface area contributed by atoms with Gasteiger partial charge in [-0.1, -0.05) is 84.9 Å². The van der Waals surface area contributed by atoms with Gasteiger partial charge >= 0.3 is 5.97 Å². The number of hydrogen-bond acceptors (Lipinski definition) is 8. The Kier molecular flexibility index (Phi) is 13.1. The van der Waals surface area contributed by atoms with Crippen LogP contribution in [0.5, 0.6) is 11.5 Å². The molecule has 0 spiro atoms. The number of rotatable bonds is 9. The molecule has 2 aliphatic heterocycles. The fraction of sp³-hybridized carbons (Fsp3) is 0.233. The normalized spacial score (nSPS) is 19.5. The number of ether oxygens (including phenoxy) is 2. The zero-order chi connectivity index (χ0) is 39.4. The summed E-state index contributed by atoms with van der Waals surface area (Å²) in [5, 5.41) is 23.0. The number of fused-ring (bicyclic) bond motifs is 16. The van der Waals surface area contributed by atoms with Crippen molar-refractivity contribution in [3.8, 4) is 22.6 Å². The summed E-state index contributed by atoms with van der Waals surface area (Å²) in [6.45, 7) is -0.397. The topological polar surface area (TPSA) is 172 Å². The lowest BCUT2D eigenvalue weighted by Crippen LogP contribution is -2.59. The third-order valence-corrected chi connectivity index (χ3v) is 10.2. The van der Waals surface area contributed by atoms with Gasteiger partial charge in [-0.05, 0) is 63.5 Å². The van der Waals surface area contributed by atoms with Crippen molar-refractivity contribution in [2.45, 2.75) is 49.9 Å². The molecule has 0 fully saturated rings. The highest BCUT2D eigenvalue weighted by Crippen LogP contribution is 2.21. The summed E-state index contributed by atoms with van der Waals surface area (Å²) in [4.78, 5) is 69.0. The Morgan fingerprint density at radius 3 is 1.82 bits per heavy atom. The molecule has 1 aromatic heterocycles. The van der Waals surface area contributed by atoms with E-state index < -0.39 is 60.4 Å². The number of aliphatic carboxylic acids is 1. The largest absolute Gasteiger partial charge is 0.497 e. The Balaban J connectivity index is 1.35. The van der Waals surface area contributed by atoms with E-state index in [0.717, 1.165) is 21.6 Å². The molecule has 4 amide bonds. The molecule has 288 valence electrons. The van der Waals surface area contributed by atoms with Crippen molar-refractivity contribution in [3.63, 3.8) is 0 Å². The maximum absolute atomic E-state index is 14.4. The molecular weight excluding hydrogens is 733 g/mol. The van der Waals surface area contributed by atoms with Crippen molar-refractivity contribution in [1.29, 1.82) is 0 Å². The molecule has 0 radical (unpaired) electrons. The average molecular weight is 775 g/mol. The van der Waals surface area contributed by atoms with Crippen LogP contribution in [0.4, 0.5) is 0 Å². The maximum Gasteiger partial charge on any atom is 0.326 e. The number of carboxylic acid groups (broad SMARTS) is 1. The molecule has 2 bridgehead atoms. The minimum atomic E-state index is -1.34. The standard InChI is InChI=1S/C43H42N4O8S/c1-54-32-17-11-28(12-18-32)23-36-41(50)47-38(43(52)53)24-29-13-19-33(20-14-29)55-26-39(48)44-37(25-34-8-5-21-56-34)42(51)46-35(40(49)45-36)22-27-9-15-31(16-10-27)30-6-3-2-4-7-30/h2-21,35-38H,22-26H2,1H3,(H,44,48)(H,45,49)(H,46,51)(H,47,50)(H,52,53)/t35-,36+,37+,38+/m1/s1. The van der Waals surface area contributed by atoms with E-state index in [9.17, 15) is 29.1 Å². The Morgan fingerprint density at radius 2 is 1.25 bits per heavy atom. The van der Waals surface area contributed by atoms with E-state index in [1.807, 2.05) is 72.1 Å². The van der Waals surface area contributed by atoms with Gasteiger partial charge in [-0.15, -0.1) is 11.3 Å². The Morgan fingerprint density at radius 1 is 0.679 bits per heavy atom. The van der Waals surface area contributed by atoms with Crippen LogP contribution in [-0.2, 0) is 49.7 Å². The van der Waals surface area contributed by atoms with Gasteiger partial charge in [0, 0.05) is 30.6 Å². The van der Waals surface area contributed by atoms with Crippen molar-refractivity contribution < 1.29 is 38.6 Å². The highest BCUT2D eigenvalue weighted by Gasteiger charge is 2.32. The Bertz CT molecular complexity index is 2110. The summed E-state index contributed by atoms with van der Waals surface area (Å²) in [6, 6.07) is 29.6. The lowest BCUT2D eigenvalue weighted by molar-refractivity contribution is -0.142. The van der Waals surface area contributed by atoms with Crippen LogP contribution in [0.25, 0.3) is 11.1 Å². The van der Waals surface area contributed by atoms with Gasteiger partial charge in [0.2, 0.25) is 17.7 Å². The Hall–Kier alpha value is -6.47. The average Bonchev–Trinajstić information content (AvgIpc) is 3.73. The van der Waals surface area contributed by atoms with Crippen LogP contribution in [0.15, 0.2) is 121 Å². The van der Waals surface area contributed by atoms with Gasteiger partial charge in [-0.3, -0.25) is 19.2 Å². The number of carboxylic acids is 1. The van der Waals surface area contributed by atoms with Gasteiger partial charge in [0.05, 0.1) is 7.11 Å². The summed E-state index contributed by atoms with van der Waals surface area (Å²) in [5.74, 6) is -2.89. The number of amides is 4. The lowest BCUT2D eigenvalue weighted by atomic mass is 9.99. The number of hydrogen-bond donors (Lipinski definition) is 5. The first kappa shape index (κ1) is 39.2. The SMILES string of the molecule is COc1ccc(C[C@@H]2NC(=O)[C@@H](Cc3ccc(-c4ccccc4)cc3)NC(=O)[C@H](Cc3cccs3)NC(=O)COc3ccc(cc3)C[C@@H](C(=O)O)NC2=O)cc1. The van der Waals surface area contributed by atoms with Crippen molar-refractivity contribution in [1.82, 2.24) is 21.3 Å². The zero-order valence-electron chi connectivity index (χ0n) is 30.6. The van der Waals surface area contributed by atoms with E-state index in [4.69, 9.17) is 9.47 Å². The Labute approximate surface area is 328 Å². The second kappa shape index (κ2) is 18.7. The van der Waals surface area contributed by atoms with E-state index in [0.29, 0.717) is 22.6 Å². The number of carbonyl (C=O) groups is 5. The van der Waals surface area contributed by atoms with E-state index >= 15 is 0 Å². The maximum atomic E-state index is 14.4. The van der Waals surface area contributed by atoms with Gasteiger partial charge in [0.25, 0.3) is 5.91 Å². The number of thiophene rings is 1. The first-order valence-corrected chi connectivity index (χ1v) is 19.0. The molecule has 56 heavy (non-hydrogen) atoms. The molecule has 3 heterocycles. The van der Waals surface area contributed by atoms with Crippen LogP contribution < -0.4 is 30.7 Å². The number of benzene rings is 4. The van der Waals surface area contributed by atoms with Crippen molar-refractivity contribution in [3.05, 3.63) is 142 Å². The van der Waals surface area contributed by atoms with Gasteiger partial charge in [0.15, 0.2) is 6.61 Å². The smallest absolute Gasteiger partial charge is 0.326 e. The number of nitrogens with one attached hydrogen (secondary N) is 4. The minimum Gasteiger partial charge on any atom is -0.497 e. The molecule has 4 atom stereocenters. The second-order valence-electron chi connectivity index (χ2n) is 13.4. The lowest BCUT2D eigenvalue weighted by Gasteiger charge is -2.26. The molecule has 2 aliphatic rings. The molecule has 13 heteroatoms. The molecule has 12 nitrogen and oxygen atoms in total. The van der Waals surface area contributed by atoms with Crippen LogP contribution in [0, 0.1) is 0 Å². The van der Waals surface area contributed by atoms with Crippen LogP contribution in [0.1, 0.15) is 21.6 Å². The molecule has 0 aliphatic carbocycles. The zero-order valence-corrected chi connectivity index (χ0v) is 31.4. The fourth-order valence-corrected chi connectivity index (χ4v) is 7.07. The third kappa shape index (κ3) is 10.8. The van der Waals surface area contributed by atoms with Crippen molar-refractivity contribution >= 4 is 40.9 Å². The quantitative estimate of drug-likeness (QED) is 0.139. The number of methoxy groups -OCH3 is 1. The van der Waals surface area contributed by atoms with E-state index in [-0.39, 0.29) is 25.7 Å². The first-order chi connectivity index (χ1) is 27.1. The van der Waals surface area contributed by atoms with Crippen LogP contribution >= 0.6 is 11.3 Å². The van der Waals surface area contributed by atoms with Gasteiger partial charge in [-0.2, -0.15) is 0 Å². The molecule has 0 unspecified atom stereocenters. The molecule has 0 saturated carbocycles. The van der Waals surface area contributed by atoms with Gasteiger partial charge in [-0.25, -0.2) is 4.79 Å². The predicted octanol–water partition coefficient (Wildman–Crippen LogP) is 4.11. The van der Waals surface area contributed by atoms with Gasteiger partial charge in [0.1, 0.15) is 35.7 Å². The van der Waals surface area contributed by atoms with Crippen LogP contribution in [-0.4, -0.2) is 72.6 Å². The highest BCUT2D eigenvalue weighted by molar-refractivity contribution is 7.09. The van der Waals surface area contributed by atoms with E-state index in [1.165, 1.54) is 18.4 Å². The summed E-state index contributed by atoms with van der Waals surface area (Å²) in [5.41, 5.74) is 3.96. The molecule has 0 saturated heterocycles. The summed E-state index contributed by atoms with van der Waals surface area (Å²) in [7, 11) is 1.53. The summed E-state index contributed by atoms with van der Waals surface area (Å²) >= 11 is 1.42. The summed E-state index contributed by atoms with van der Waals surface area (Å²) in [6.07, 6.45) is 0.137. The fourth-order valence-electron chi connectivity index (χ4n) is 6.31. The van der Waals surface area contributed by atoms with Crippen molar-refractivity contribution in [2.75, 3.05) is 13.7 Å². The summed E-state index contributed by atoms with van der Waals surface area (Å²) < 4.78 is 11.0. The molecular formula is C43H42N4O8S. The monoisotopic (exact) mass is 774 g/mol. The number of carbonyl (C=O) groups excluding carboxylic acids is 4. The predicted molar refractivity (Wildman–Crippen MR) is 211 cm³/mol. The van der Waals surface area contributed by atoms with E-state index in [1.54, 1.807) is 48.5 Å².